The van der Waals surface area contributed by atoms with Crippen LogP contribution in [0.25, 0.3) is 0 Å². The normalized spacial score (nSPS) is 11.3. The number of pyridine rings is 1. The minimum absolute atomic E-state index is 0.673. The maximum absolute atomic E-state index is 4.43. The predicted molar refractivity (Wildman–Crippen MR) is 87.2 cm³/mol. The molecular formula is C16H30N4. The third-order valence-electron chi connectivity index (χ3n) is 3.20. The smallest absolute Gasteiger partial charge is 0.0562 e. The van der Waals surface area contributed by atoms with E-state index in [0.717, 1.165) is 31.9 Å². The zero-order valence-corrected chi connectivity index (χ0v) is 13.7. The number of aromatic nitrogens is 1. The molecular weight excluding hydrogens is 248 g/mol. The molecule has 1 N–H and O–H groups in total. The van der Waals surface area contributed by atoms with Crippen molar-refractivity contribution in [2.45, 2.75) is 26.8 Å². The number of hydrogen-bond acceptors (Lipinski definition) is 4. The summed E-state index contributed by atoms with van der Waals surface area (Å²) in [4.78, 5) is 8.96. The Kier molecular flexibility index (Phi) is 7.55. The van der Waals surface area contributed by atoms with E-state index in [9.17, 15) is 0 Å². The van der Waals surface area contributed by atoms with Crippen molar-refractivity contribution in [3.63, 3.8) is 0 Å². The summed E-state index contributed by atoms with van der Waals surface area (Å²) in [6.45, 7) is 8.51. The molecule has 0 bridgehead atoms. The van der Waals surface area contributed by atoms with Crippen molar-refractivity contribution >= 4 is 5.69 Å². The molecule has 20 heavy (non-hydrogen) atoms. The SMILES string of the molecule is CC(C)CNCc1cc(N(C)CCCN(C)C)ccn1. The Balaban J connectivity index is 2.45. The summed E-state index contributed by atoms with van der Waals surface area (Å²) in [6.07, 6.45) is 3.08. The van der Waals surface area contributed by atoms with Crippen LogP contribution in [0.2, 0.25) is 0 Å². The fourth-order valence-corrected chi connectivity index (χ4v) is 2.04. The van der Waals surface area contributed by atoms with E-state index in [0.29, 0.717) is 5.92 Å². The summed E-state index contributed by atoms with van der Waals surface area (Å²) in [5.74, 6) is 0.673. The van der Waals surface area contributed by atoms with Crippen LogP contribution in [0.5, 0.6) is 0 Å². The lowest BCUT2D eigenvalue weighted by molar-refractivity contribution is 0.401. The van der Waals surface area contributed by atoms with E-state index in [1.54, 1.807) is 0 Å². The number of anilines is 1. The van der Waals surface area contributed by atoms with Gasteiger partial charge in [0.05, 0.1) is 5.69 Å². The Morgan fingerprint density at radius 2 is 1.95 bits per heavy atom. The van der Waals surface area contributed by atoms with Gasteiger partial charge < -0.3 is 15.1 Å². The maximum atomic E-state index is 4.43. The van der Waals surface area contributed by atoms with Crippen molar-refractivity contribution in [2.75, 3.05) is 45.7 Å². The van der Waals surface area contributed by atoms with Crippen molar-refractivity contribution in [1.82, 2.24) is 15.2 Å². The zero-order chi connectivity index (χ0) is 15.0. The first kappa shape index (κ1) is 16.9. The Hall–Kier alpha value is -1.13. The lowest BCUT2D eigenvalue weighted by atomic mass is 10.2. The van der Waals surface area contributed by atoms with Gasteiger partial charge in [0.25, 0.3) is 0 Å². The number of nitrogens with one attached hydrogen (secondary N) is 1. The lowest BCUT2D eigenvalue weighted by Crippen LogP contribution is -2.24. The second-order valence-corrected chi connectivity index (χ2v) is 6.11. The minimum atomic E-state index is 0.673. The maximum Gasteiger partial charge on any atom is 0.0562 e. The van der Waals surface area contributed by atoms with Crippen LogP contribution in [0.1, 0.15) is 26.0 Å². The number of nitrogens with zero attached hydrogens (tertiary/aromatic N) is 3. The topological polar surface area (TPSA) is 31.4 Å². The van der Waals surface area contributed by atoms with Gasteiger partial charge in [-0.2, -0.15) is 0 Å². The van der Waals surface area contributed by atoms with Gasteiger partial charge in [-0.25, -0.2) is 0 Å². The van der Waals surface area contributed by atoms with E-state index in [-0.39, 0.29) is 0 Å². The highest BCUT2D eigenvalue weighted by Gasteiger charge is 2.03. The van der Waals surface area contributed by atoms with Gasteiger partial charge in [0.1, 0.15) is 0 Å². The minimum Gasteiger partial charge on any atom is -0.374 e. The molecule has 1 aromatic heterocycles. The van der Waals surface area contributed by atoms with Gasteiger partial charge in [0, 0.05) is 32.0 Å². The molecule has 0 fully saturated rings. The highest BCUT2D eigenvalue weighted by Crippen LogP contribution is 2.13. The van der Waals surface area contributed by atoms with Crippen molar-refractivity contribution in [3.05, 3.63) is 24.0 Å². The first-order chi connectivity index (χ1) is 9.49. The van der Waals surface area contributed by atoms with Gasteiger partial charge in [0.15, 0.2) is 0 Å². The molecule has 0 aliphatic carbocycles. The van der Waals surface area contributed by atoms with Crippen LogP contribution in [0.4, 0.5) is 5.69 Å². The lowest BCUT2D eigenvalue weighted by Gasteiger charge is -2.21. The molecule has 0 aliphatic rings. The molecule has 0 amide bonds. The van der Waals surface area contributed by atoms with Crippen molar-refractivity contribution in [3.8, 4) is 0 Å². The molecule has 0 unspecified atom stereocenters. The Bertz CT molecular complexity index is 376. The van der Waals surface area contributed by atoms with Crippen molar-refractivity contribution in [2.24, 2.45) is 5.92 Å². The summed E-state index contributed by atoms with van der Waals surface area (Å²) in [6, 6.07) is 4.27. The van der Waals surface area contributed by atoms with Gasteiger partial charge in [-0.1, -0.05) is 13.8 Å². The molecule has 114 valence electrons. The standard InChI is InChI=1S/C16H30N4/c1-14(2)12-17-13-15-11-16(7-8-18-15)20(5)10-6-9-19(3)4/h7-8,11,14,17H,6,9-10,12-13H2,1-5H3. The van der Waals surface area contributed by atoms with Crippen LogP contribution in [0, 0.1) is 5.92 Å². The third kappa shape index (κ3) is 6.87. The number of rotatable bonds is 9. The van der Waals surface area contributed by atoms with Crippen LogP contribution in [-0.4, -0.2) is 50.7 Å². The zero-order valence-electron chi connectivity index (χ0n) is 13.7. The van der Waals surface area contributed by atoms with Gasteiger partial charge in [-0.15, -0.1) is 0 Å². The molecule has 1 heterocycles. The van der Waals surface area contributed by atoms with Crippen molar-refractivity contribution in [1.29, 1.82) is 0 Å². The van der Waals surface area contributed by atoms with Crippen LogP contribution in [0.3, 0.4) is 0 Å². The molecule has 4 nitrogen and oxygen atoms in total. The Morgan fingerprint density at radius 3 is 2.60 bits per heavy atom. The summed E-state index contributed by atoms with van der Waals surface area (Å²) >= 11 is 0. The fourth-order valence-electron chi connectivity index (χ4n) is 2.04. The first-order valence-electron chi connectivity index (χ1n) is 7.50. The van der Waals surface area contributed by atoms with E-state index in [1.165, 1.54) is 12.1 Å². The summed E-state index contributed by atoms with van der Waals surface area (Å²) in [5, 5.41) is 3.44. The van der Waals surface area contributed by atoms with Gasteiger partial charge >= 0.3 is 0 Å². The largest absolute Gasteiger partial charge is 0.374 e. The van der Waals surface area contributed by atoms with Crippen LogP contribution < -0.4 is 10.2 Å². The van der Waals surface area contributed by atoms with Crippen LogP contribution in [-0.2, 0) is 6.54 Å². The Labute approximate surface area is 124 Å². The Morgan fingerprint density at radius 1 is 1.20 bits per heavy atom. The summed E-state index contributed by atoms with van der Waals surface area (Å²) in [7, 11) is 6.38. The molecule has 1 rings (SSSR count). The van der Waals surface area contributed by atoms with Crippen LogP contribution in [0.15, 0.2) is 18.3 Å². The molecule has 0 radical (unpaired) electrons. The van der Waals surface area contributed by atoms with Crippen molar-refractivity contribution < 1.29 is 0 Å². The van der Waals surface area contributed by atoms with E-state index in [4.69, 9.17) is 0 Å². The quantitative estimate of drug-likeness (QED) is 0.750. The van der Waals surface area contributed by atoms with E-state index in [1.807, 2.05) is 6.20 Å². The third-order valence-corrected chi connectivity index (χ3v) is 3.20. The fraction of sp³-hybridized carbons (Fsp3) is 0.688. The van der Waals surface area contributed by atoms with E-state index in [2.05, 4.69) is 67.2 Å². The molecule has 0 atom stereocenters. The first-order valence-corrected chi connectivity index (χ1v) is 7.50. The molecule has 1 aromatic rings. The van der Waals surface area contributed by atoms with E-state index < -0.39 is 0 Å². The van der Waals surface area contributed by atoms with Gasteiger partial charge in [-0.3, -0.25) is 4.98 Å². The molecule has 0 saturated carbocycles. The molecule has 0 aromatic carbocycles. The van der Waals surface area contributed by atoms with Gasteiger partial charge in [0.2, 0.25) is 0 Å². The monoisotopic (exact) mass is 278 g/mol. The predicted octanol–water partition coefficient (Wildman–Crippen LogP) is 2.22. The summed E-state index contributed by atoms with van der Waals surface area (Å²) in [5.41, 5.74) is 2.36. The molecule has 4 heteroatoms. The van der Waals surface area contributed by atoms with Crippen LogP contribution >= 0.6 is 0 Å². The van der Waals surface area contributed by atoms with Gasteiger partial charge in [-0.05, 0) is 51.7 Å². The molecule has 0 saturated heterocycles. The molecule has 0 aliphatic heterocycles. The van der Waals surface area contributed by atoms with E-state index >= 15 is 0 Å². The highest BCUT2D eigenvalue weighted by atomic mass is 15.1. The molecule has 0 spiro atoms. The number of hydrogen-bond donors (Lipinski definition) is 1. The summed E-state index contributed by atoms with van der Waals surface area (Å²) < 4.78 is 0. The average Bonchev–Trinajstić information content (AvgIpc) is 2.38. The second-order valence-electron chi connectivity index (χ2n) is 6.11. The highest BCUT2D eigenvalue weighted by molar-refractivity contribution is 5.45. The average molecular weight is 278 g/mol. The second kappa shape index (κ2) is 8.93.